The molecule has 1 saturated heterocycles. The normalized spacial score (nSPS) is 15.5. The molecule has 1 heterocycles. The smallest absolute Gasteiger partial charge is 0.321 e. The summed E-state index contributed by atoms with van der Waals surface area (Å²) < 4.78 is 0. The van der Waals surface area contributed by atoms with Crippen LogP contribution in [0.1, 0.15) is 12.0 Å². The molecule has 0 bridgehead atoms. The number of rotatable bonds is 3. The number of amides is 2. The third-order valence-corrected chi connectivity index (χ3v) is 2.66. The van der Waals surface area contributed by atoms with Gasteiger partial charge in [-0.05, 0) is 24.1 Å². The minimum absolute atomic E-state index is 0.0245. The molecule has 0 atom stereocenters. The molecule has 0 unspecified atom stereocenters. The molecule has 0 saturated carbocycles. The lowest BCUT2D eigenvalue weighted by atomic mass is 10.1. The predicted molar refractivity (Wildman–Crippen MR) is 63.1 cm³/mol. The lowest BCUT2D eigenvalue weighted by Crippen LogP contribution is -2.46. The van der Waals surface area contributed by atoms with Crippen molar-refractivity contribution in [2.75, 3.05) is 18.0 Å². The van der Waals surface area contributed by atoms with E-state index < -0.39 is 5.97 Å². The summed E-state index contributed by atoms with van der Waals surface area (Å²) in [4.78, 5) is 23.9. The highest BCUT2D eigenvalue weighted by Gasteiger charge is 2.19. The number of hydrogen-bond acceptors (Lipinski definition) is 2. The molecule has 0 spiro atoms. The van der Waals surface area contributed by atoms with Crippen LogP contribution >= 0.6 is 0 Å². The van der Waals surface area contributed by atoms with Crippen LogP contribution in [0.2, 0.25) is 0 Å². The maximum Gasteiger partial charge on any atom is 0.321 e. The highest BCUT2D eigenvalue weighted by molar-refractivity contribution is 5.92. The minimum atomic E-state index is -0.870. The van der Waals surface area contributed by atoms with E-state index in [0.717, 1.165) is 12.1 Å². The molecule has 0 aromatic heterocycles. The highest BCUT2D eigenvalue weighted by atomic mass is 16.4. The van der Waals surface area contributed by atoms with E-state index in [2.05, 4.69) is 5.32 Å². The number of carbonyl (C=O) groups excluding carboxylic acids is 1. The first-order valence-electron chi connectivity index (χ1n) is 5.53. The molecule has 90 valence electrons. The summed E-state index contributed by atoms with van der Waals surface area (Å²) >= 11 is 0. The van der Waals surface area contributed by atoms with E-state index in [1.807, 2.05) is 6.07 Å². The number of urea groups is 1. The van der Waals surface area contributed by atoms with Crippen molar-refractivity contribution in [3.63, 3.8) is 0 Å². The topological polar surface area (TPSA) is 69.6 Å². The SMILES string of the molecule is O=C(O)Cc1cccc(N2CCCNC2=O)c1. The maximum atomic E-state index is 11.6. The first-order valence-corrected chi connectivity index (χ1v) is 5.53. The van der Waals surface area contributed by atoms with Crippen LogP contribution in [0.15, 0.2) is 24.3 Å². The van der Waals surface area contributed by atoms with Crippen molar-refractivity contribution in [1.29, 1.82) is 0 Å². The van der Waals surface area contributed by atoms with Crippen LogP contribution < -0.4 is 10.2 Å². The molecule has 2 amide bonds. The molecule has 0 aliphatic carbocycles. The minimum Gasteiger partial charge on any atom is -0.481 e. The van der Waals surface area contributed by atoms with Crippen LogP contribution in [0.5, 0.6) is 0 Å². The van der Waals surface area contributed by atoms with E-state index in [1.165, 1.54) is 0 Å². The predicted octanol–water partition coefficient (Wildman–Crippen LogP) is 1.23. The van der Waals surface area contributed by atoms with Crippen molar-refractivity contribution in [3.8, 4) is 0 Å². The monoisotopic (exact) mass is 234 g/mol. The van der Waals surface area contributed by atoms with Gasteiger partial charge in [-0.1, -0.05) is 12.1 Å². The molecule has 2 rings (SSSR count). The Kier molecular flexibility index (Phi) is 3.27. The van der Waals surface area contributed by atoms with E-state index in [1.54, 1.807) is 23.1 Å². The van der Waals surface area contributed by atoms with Gasteiger partial charge < -0.3 is 10.4 Å². The number of benzene rings is 1. The zero-order chi connectivity index (χ0) is 12.3. The Bertz CT molecular complexity index is 445. The zero-order valence-corrected chi connectivity index (χ0v) is 9.35. The van der Waals surface area contributed by atoms with Crippen molar-refractivity contribution in [2.45, 2.75) is 12.8 Å². The van der Waals surface area contributed by atoms with Crippen molar-refractivity contribution >= 4 is 17.7 Å². The average Bonchev–Trinajstić information content (AvgIpc) is 2.29. The van der Waals surface area contributed by atoms with Gasteiger partial charge in [0.15, 0.2) is 0 Å². The number of aliphatic carboxylic acids is 1. The molecular weight excluding hydrogens is 220 g/mol. The number of hydrogen-bond donors (Lipinski definition) is 2. The van der Waals surface area contributed by atoms with Gasteiger partial charge in [0.1, 0.15) is 0 Å². The molecule has 17 heavy (non-hydrogen) atoms. The lowest BCUT2D eigenvalue weighted by molar-refractivity contribution is -0.136. The fourth-order valence-corrected chi connectivity index (χ4v) is 1.88. The Balaban J connectivity index is 2.19. The Labute approximate surface area is 99.0 Å². The third kappa shape index (κ3) is 2.75. The Morgan fingerprint density at radius 3 is 3.00 bits per heavy atom. The number of nitrogens with one attached hydrogen (secondary N) is 1. The quantitative estimate of drug-likeness (QED) is 0.826. The second-order valence-corrected chi connectivity index (χ2v) is 3.98. The van der Waals surface area contributed by atoms with Gasteiger partial charge in [0.25, 0.3) is 0 Å². The molecule has 0 radical (unpaired) electrons. The fraction of sp³-hybridized carbons (Fsp3) is 0.333. The summed E-state index contributed by atoms with van der Waals surface area (Å²) in [6.07, 6.45) is 0.873. The third-order valence-electron chi connectivity index (χ3n) is 2.66. The first-order chi connectivity index (χ1) is 8.16. The number of carboxylic acid groups (broad SMARTS) is 1. The molecule has 1 aliphatic heterocycles. The van der Waals surface area contributed by atoms with Gasteiger partial charge in [-0.3, -0.25) is 9.69 Å². The van der Waals surface area contributed by atoms with Crippen molar-refractivity contribution < 1.29 is 14.7 Å². The van der Waals surface area contributed by atoms with E-state index in [4.69, 9.17) is 5.11 Å². The Morgan fingerprint density at radius 1 is 1.47 bits per heavy atom. The molecule has 1 aromatic rings. The summed E-state index contributed by atoms with van der Waals surface area (Å²) in [5.74, 6) is -0.870. The van der Waals surface area contributed by atoms with Crippen LogP contribution in [-0.2, 0) is 11.2 Å². The van der Waals surface area contributed by atoms with Crippen LogP contribution in [0, 0.1) is 0 Å². The van der Waals surface area contributed by atoms with Crippen LogP contribution in [0.3, 0.4) is 0 Å². The fourth-order valence-electron chi connectivity index (χ4n) is 1.88. The molecule has 1 aliphatic rings. The van der Waals surface area contributed by atoms with Gasteiger partial charge in [0, 0.05) is 18.8 Å². The van der Waals surface area contributed by atoms with Gasteiger partial charge in [-0.15, -0.1) is 0 Å². The van der Waals surface area contributed by atoms with Crippen LogP contribution in [0.25, 0.3) is 0 Å². The van der Waals surface area contributed by atoms with Crippen molar-refractivity contribution in [2.24, 2.45) is 0 Å². The molecular formula is C12H14N2O3. The van der Waals surface area contributed by atoms with Gasteiger partial charge in [-0.25, -0.2) is 4.79 Å². The van der Waals surface area contributed by atoms with E-state index in [0.29, 0.717) is 18.7 Å². The average molecular weight is 234 g/mol. The highest BCUT2D eigenvalue weighted by Crippen LogP contribution is 2.18. The lowest BCUT2D eigenvalue weighted by Gasteiger charge is -2.27. The van der Waals surface area contributed by atoms with Gasteiger partial charge >= 0.3 is 12.0 Å². The Morgan fingerprint density at radius 2 is 2.29 bits per heavy atom. The molecule has 5 heteroatoms. The summed E-state index contributed by atoms with van der Waals surface area (Å²) in [5, 5.41) is 11.5. The summed E-state index contributed by atoms with van der Waals surface area (Å²) in [6.45, 7) is 1.37. The standard InChI is InChI=1S/C12H14N2O3/c15-11(16)8-9-3-1-4-10(7-9)14-6-2-5-13-12(14)17/h1,3-4,7H,2,5-6,8H2,(H,13,17)(H,15,16). The summed E-state index contributed by atoms with van der Waals surface area (Å²) in [6, 6.07) is 6.97. The number of anilines is 1. The molecule has 1 aromatic carbocycles. The van der Waals surface area contributed by atoms with Gasteiger partial charge in [0.2, 0.25) is 0 Å². The number of carbonyl (C=O) groups is 2. The molecule has 1 fully saturated rings. The maximum absolute atomic E-state index is 11.6. The first kappa shape index (κ1) is 11.4. The number of carboxylic acids is 1. The van der Waals surface area contributed by atoms with Crippen LogP contribution in [0.4, 0.5) is 10.5 Å². The largest absolute Gasteiger partial charge is 0.481 e. The zero-order valence-electron chi connectivity index (χ0n) is 9.35. The molecule has 5 nitrogen and oxygen atoms in total. The number of nitrogens with zero attached hydrogens (tertiary/aromatic N) is 1. The summed E-state index contributed by atoms with van der Waals surface area (Å²) in [5.41, 5.74) is 1.45. The Hall–Kier alpha value is -2.04. The van der Waals surface area contributed by atoms with E-state index in [-0.39, 0.29) is 12.5 Å². The molecule has 2 N–H and O–H groups in total. The van der Waals surface area contributed by atoms with Crippen molar-refractivity contribution in [1.82, 2.24) is 5.32 Å². The van der Waals surface area contributed by atoms with Gasteiger partial charge in [0.05, 0.1) is 6.42 Å². The van der Waals surface area contributed by atoms with E-state index in [9.17, 15) is 9.59 Å². The second-order valence-electron chi connectivity index (χ2n) is 3.98. The van der Waals surface area contributed by atoms with Crippen LogP contribution in [-0.4, -0.2) is 30.2 Å². The van der Waals surface area contributed by atoms with E-state index >= 15 is 0 Å². The van der Waals surface area contributed by atoms with Gasteiger partial charge in [-0.2, -0.15) is 0 Å². The summed E-state index contributed by atoms with van der Waals surface area (Å²) in [7, 11) is 0. The second kappa shape index (κ2) is 4.86. The van der Waals surface area contributed by atoms with Crippen molar-refractivity contribution in [3.05, 3.63) is 29.8 Å².